The van der Waals surface area contributed by atoms with Crippen molar-refractivity contribution >= 4 is 23.7 Å². The minimum absolute atomic E-state index is 0.197. The van der Waals surface area contributed by atoms with Crippen LogP contribution >= 0.6 is 0 Å². The van der Waals surface area contributed by atoms with Gasteiger partial charge in [0.05, 0.1) is 11.7 Å². The molecule has 27 heavy (non-hydrogen) atoms. The van der Waals surface area contributed by atoms with Gasteiger partial charge in [0, 0.05) is 12.7 Å². The summed E-state index contributed by atoms with van der Waals surface area (Å²) in [5.74, 6) is 0.604. The molecule has 1 saturated heterocycles. The highest BCUT2D eigenvalue weighted by atomic mass is 16.2. The maximum Gasteiger partial charge on any atom is 0.288 e. The van der Waals surface area contributed by atoms with Gasteiger partial charge in [0.1, 0.15) is 0 Å². The molecule has 3 rings (SSSR count). The lowest BCUT2D eigenvalue weighted by Crippen LogP contribution is -2.38. The van der Waals surface area contributed by atoms with Crippen LogP contribution in [0.2, 0.25) is 0 Å². The van der Waals surface area contributed by atoms with Crippen molar-refractivity contribution < 1.29 is 9.59 Å². The van der Waals surface area contributed by atoms with Gasteiger partial charge >= 0.3 is 0 Å². The SMILES string of the molecule is Cc1cnc(N2C[C@H](C)CC[C@H]2c2ccc(C)c(C)c2)c(NC(=O)C=O)c1. The summed E-state index contributed by atoms with van der Waals surface area (Å²) >= 11 is 0. The normalized spacial score (nSPS) is 19.6. The number of aromatic nitrogens is 1. The number of nitrogens with one attached hydrogen (secondary N) is 1. The zero-order chi connectivity index (χ0) is 19.6. The number of hydrogen-bond acceptors (Lipinski definition) is 4. The van der Waals surface area contributed by atoms with Crippen molar-refractivity contribution in [3.8, 4) is 0 Å². The highest BCUT2D eigenvalue weighted by molar-refractivity contribution is 6.29. The third-order valence-electron chi connectivity index (χ3n) is 5.37. The molecule has 0 radical (unpaired) electrons. The van der Waals surface area contributed by atoms with E-state index < -0.39 is 5.91 Å². The molecule has 0 unspecified atom stereocenters. The summed E-state index contributed by atoms with van der Waals surface area (Å²) in [6, 6.07) is 8.68. The van der Waals surface area contributed by atoms with E-state index >= 15 is 0 Å². The monoisotopic (exact) mass is 365 g/mol. The molecule has 142 valence electrons. The molecular formula is C22H27N3O2. The molecule has 0 spiro atoms. The molecule has 1 N–H and O–H groups in total. The third kappa shape index (κ3) is 4.18. The predicted molar refractivity (Wildman–Crippen MR) is 108 cm³/mol. The molecule has 2 atom stereocenters. The van der Waals surface area contributed by atoms with Crippen LogP contribution < -0.4 is 10.2 Å². The molecule has 1 fully saturated rings. The Morgan fingerprint density at radius 1 is 1.19 bits per heavy atom. The van der Waals surface area contributed by atoms with Gasteiger partial charge in [-0.3, -0.25) is 9.59 Å². The van der Waals surface area contributed by atoms with E-state index in [1.54, 1.807) is 0 Å². The van der Waals surface area contributed by atoms with Gasteiger partial charge in [0.15, 0.2) is 5.82 Å². The van der Waals surface area contributed by atoms with Crippen molar-refractivity contribution in [3.05, 3.63) is 52.7 Å². The molecule has 1 aromatic carbocycles. The average Bonchev–Trinajstić information content (AvgIpc) is 2.64. The number of anilines is 2. The van der Waals surface area contributed by atoms with E-state index in [2.05, 4.69) is 54.2 Å². The fourth-order valence-corrected chi connectivity index (χ4v) is 3.75. The highest BCUT2D eigenvalue weighted by Crippen LogP contribution is 2.39. The van der Waals surface area contributed by atoms with Crippen LogP contribution in [-0.2, 0) is 9.59 Å². The quantitative estimate of drug-likeness (QED) is 0.654. The number of aldehydes is 1. The number of benzene rings is 1. The van der Waals surface area contributed by atoms with Gasteiger partial charge in [-0.1, -0.05) is 25.1 Å². The Morgan fingerprint density at radius 3 is 2.67 bits per heavy atom. The van der Waals surface area contributed by atoms with Crippen LogP contribution in [0.15, 0.2) is 30.5 Å². The largest absolute Gasteiger partial charge is 0.348 e. The second-order valence-corrected chi connectivity index (χ2v) is 7.69. The summed E-state index contributed by atoms with van der Waals surface area (Å²) in [4.78, 5) is 29.5. The molecular weight excluding hydrogens is 338 g/mol. The first-order valence-corrected chi connectivity index (χ1v) is 9.45. The third-order valence-corrected chi connectivity index (χ3v) is 5.37. The van der Waals surface area contributed by atoms with Crippen LogP contribution in [0.4, 0.5) is 11.5 Å². The average molecular weight is 365 g/mol. The standard InChI is InChI=1S/C22H27N3O2/c1-14-5-8-20(18-7-6-16(3)17(4)10-18)25(12-14)22-19(24-21(27)13-26)9-15(2)11-23-22/h6-7,9-11,13-14,20H,5,8,12H2,1-4H3,(H,24,27)/t14-,20+/m1/s1. The Morgan fingerprint density at radius 2 is 1.96 bits per heavy atom. The number of rotatable bonds is 4. The molecule has 0 saturated carbocycles. The Hall–Kier alpha value is -2.69. The van der Waals surface area contributed by atoms with Crippen molar-refractivity contribution in [2.24, 2.45) is 5.92 Å². The van der Waals surface area contributed by atoms with Gasteiger partial charge < -0.3 is 10.2 Å². The first kappa shape index (κ1) is 19.1. The smallest absolute Gasteiger partial charge is 0.288 e. The summed E-state index contributed by atoms with van der Waals surface area (Å²) in [6.45, 7) is 9.27. The number of piperidine rings is 1. The summed E-state index contributed by atoms with van der Waals surface area (Å²) in [5.41, 5.74) is 5.35. The van der Waals surface area contributed by atoms with E-state index in [-0.39, 0.29) is 6.04 Å². The fourth-order valence-electron chi connectivity index (χ4n) is 3.75. The van der Waals surface area contributed by atoms with Crippen LogP contribution in [0.1, 0.15) is 48.1 Å². The Bertz CT molecular complexity index is 863. The number of carbonyl (C=O) groups excluding carboxylic acids is 2. The maximum atomic E-state index is 11.7. The van der Waals surface area contributed by atoms with Crippen molar-refractivity contribution in [2.45, 2.75) is 46.6 Å². The number of pyridine rings is 1. The molecule has 0 aliphatic carbocycles. The highest BCUT2D eigenvalue weighted by Gasteiger charge is 2.30. The molecule has 2 heterocycles. The number of aryl methyl sites for hydroxylation is 3. The van der Waals surface area contributed by atoms with E-state index in [4.69, 9.17) is 0 Å². The summed E-state index contributed by atoms with van der Waals surface area (Å²) in [5, 5.41) is 2.69. The summed E-state index contributed by atoms with van der Waals surface area (Å²) in [6.07, 6.45) is 4.28. The van der Waals surface area contributed by atoms with Crippen LogP contribution in [0.25, 0.3) is 0 Å². The zero-order valence-corrected chi connectivity index (χ0v) is 16.5. The minimum Gasteiger partial charge on any atom is -0.348 e. The summed E-state index contributed by atoms with van der Waals surface area (Å²) < 4.78 is 0. The Balaban J connectivity index is 2.04. The van der Waals surface area contributed by atoms with E-state index in [0.29, 0.717) is 17.9 Å². The van der Waals surface area contributed by atoms with Gasteiger partial charge in [-0.2, -0.15) is 0 Å². The van der Waals surface area contributed by atoms with Crippen molar-refractivity contribution in [1.82, 2.24) is 4.98 Å². The van der Waals surface area contributed by atoms with E-state index in [1.807, 2.05) is 19.2 Å². The van der Waals surface area contributed by atoms with Crippen LogP contribution in [0.3, 0.4) is 0 Å². The van der Waals surface area contributed by atoms with Gasteiger partial charge in [-0.25, -0.2) is 4.98 Å². The van der Waals surface area contributed by atoms with E-state index in [1.165, 1.54) is 16.7 Å². The minimum atomic E-state index is -0.656. The number of nitrogens with zero attached hydrogens (tertiary/aromatic N) is 2. The number of amides is 1. The molecule has 0 bridgehead atoms. The van der Waals surface area contributed by atoms with E-state index in [9.17, 15) is 9.59 Å². The Kier molecular flexibility index (Phi) is 5.59. The number of hydrogen-bond donors (Lipinski definition) is 1. The topological polar surface area (TPSA) is 62.3 Å². The molecule has 5 heteroatoms. The van der Waals surface area contributed by atoms with Crippen molar-refractivity contribution in [3.63, 3.8) is 0 Å². The first-order valence-electron chi connectivity index (χ1n) is 9.45. The fraction of sp³-hybridized carbons (Fsp3) is 0.409. The van der Waals surface area contributed by atoms with Crippen molar-refractivity contribution in [1.29, 1.82) is 0 Å². The maximum absolute atomic E-state index is 11.7. The molecule has 1 aliphatic rings. The van der Waals surface area contributed by atoms with Crippen LogP contribution in [0, 0.1) is 26.7 Å². The second kappa shape index (κ2) is 7.91. The Labute approximate surface area is 160 Å². The van der Waals surface area contributed by atoms with Crippen LogP contribution in [0.5, 0.6) is 0 Å². The molecule has 1 aliphatic heterocycles. The van der Waals surface area contributed by atoms with Gasteiger partial charge in [-0.05, 0) is 67.9 Å². The lowest BCUT2D eigenvalue weighted by atomic mass is 9.88. The molecule has 2 aromatic rings. The predicted octanol–water partition coefficient (Wildman–Crippen LogP) is 4.12. The zero-order valence-electron chi connectivity index (χ0n) is 16.5. The van der Waals surface area contributed by atoms with E-state index in [0.717, 1.165) is 30.8 Å². The van der Waals surface area contributed by atoms with Gasteiger partial charge in [0.2, 0.25) is 6.29 Å². The lowest BCUT2D eigenvalue weighted by Gasteiger charge is -2.40. The molecule has 5 nitrogen and oxygen atoms in total. The second-order valence-electron chi connectivity index (χ2n) is 7.69. The lowest BCUT2D eigenvalue weighted by molar-refractivity contribution is -0.127. The molecule has 1 amide bonds. The summed E-state index contributed by atoms with van der Waals surface area (Å²) in [7, 11) is 0. The molecule has 1 aromatic heterocycles. The van der Waals surface area contributed by atoms with Gasteiger partial charge in [-0.15, -0.1) is 0 Å². The first-order chi connectivity index (χ1) is 12.9. The van der Waals surface area contributed by atoms with Crippen LogP contribution in [-0.4, -0.2) is 23.7 Å². The number of carbonyl (C=O) groups is 2. The van der Waals surface area contributed by atoms with Gasteiger partial charge in [0.25, 0.3) is 5.91 Å². The van der Waals surface area contributed by atoms with Crippen molar-refractivity contribution in [2.75, 3.05) is 16.8 Å².